The zero-order valence-corrected chi connectivity index (χ0v) is 12.8. The van der Waals surface area contributed by atoms with Gasteiger partial charge >= 0.3 is 0 Å². The largest absolute Gasteiger partial charge is 0.481 e. The Bertz CT molecular complexity index is 661. The van der Waals surface area contributed by atoms with Crippen molar-refractivity contribution in [2.24, 2.45) is 0 Å². The molecule has 8 heteroatoms. The molecule has 0 radical (unpaired) electrons. The molecule has 3 nitrogen and oxygen atoms in total. The second kappa shape index (κ2) is 6.05. The number of aromatic nitrogens is 2. The highest BCUT2D eigenvalue weighted by Gasteiger charge is 2.22. The SMILES string of the molecule is CCn1nc(C)c(Br)c1COc1c(F)c(F)cc(F)c1F. The number of rotatable bonds is 4. The molecule has 0 saturated heterocycles. The maximum absolute atomic E-state index is 13.5. The minimum Gasteiger partial charge on any atom is -0.481 e. The Hall–Kier alpha value is -1.57. The molecule has 0 aliphatic heterocycles. The van der Waals surface area contributed by atoms with E-state index >= 15 is 0 Å². The van der Waals surface area contributed by atoms with Crippen LogP contribution in [-0.4, -0.2) is 9.78 Å². The summed E-state index contributed by atoms with van der Waals surface area (Å²) in [4.78, 5) is 0. The average molecular weight is 367 g/mol. The smallest absolute Gasteiger partial charge is 0.203 e. The Kier molecular flexibility index (Phi) is 4.55. The molecule has 114 valence electrons. The van der Waals surface area contributed by atoms with Crippen molar-refractivity contribution in [3.63, 3.8) is 0 Å². The van der Waals surface area contributed by atoms with Gasteiger partial charge in [-0.2, -0.15) is 13.9 Å². The lowest BCUT2D eigenvalue weighted by Crippen LogP contribution is -2.09. The fourth-order valence-corrected chi connectivity index (χ4v) is 2.22. The van der Waals surface area contributed by atoms with Crippen LogP contribution in [0.1, 0.15) is 18.3 Å². The second-order valence-electron chi connectivity index (χ2n) is 4.25. The molecule has 1 heterocycles. The van der Waals surface area contributed by atoms with Gasteiger partial charge in [-0.15, -0.1) is 0 Å². The maximum atomic E-state index is 13.5. The van der Waals surface area contributed by atoms with Crippen LogP contribution in [0.2, 0.25) is 0 Å². The summed E-state index contributed by atoms with van der Waals surface area (Å²) in [6, 6.07) is 0.133. The van der Waals surface area contributed by atoms with Crippen LogP contribution in [-0.2, 0) is 13.2 Å². The Morgan fingerprint density at radius 3 is 2.29 bits per heavy atom. The molecule has 0 amide bonds. The first kappa shape index (κ1) is 15.8. The first-order valence-electron chi connectivity index (χ1n) is 6.04. The van der Waals surface area contributed by atoms with Crippen LogP contribution >= 0.6 is 15.9 Å². The van der Waals surface area contributed by atoms with Crippen molar-refractivity contribution in [2.75, 3.05) is 0 Å². The van der Waals surface area contributed by atoms with Gasteiger partial charge in [0, 0.05) is 12.6 Å². The van der Waals surface area contributed by atoms with Crippen molar-refractivity contribution in [2.45, 2.75) is 27.0 Å². The van der Waals surface area contributed by atoms with E-state index in [0.29, 0.717) is 22.4 Å². The molecule has 0 spiro atoms. The van der Waals surface area contributed by atoms with Gasteiger partial charge in [0.25, 0.3) is 0 Å². The van der Waals surface area contributed by atoms with E-state index in [1.165, 1.54) is 0 Å². The van der Waals surface area contributed by atoms with Crippen molar-refractivity contribution >= 4 is 15.9 Å². The lowest BCUT2D eigenvalue weighted by Gasteiger charge is -2.11. The monoisotopic (exact) mass is 366 g/mol. The van der Waals surface area contributed by atoms with E-state index in [1.54, 1.807) is 11.6 Å². The first-order valence-corrected chi connectivity index (χ1v) is 6.83. The third-order valence-corrected chi connectivity index (χ3v) is 3.91. The summed E-state index contributed by atoms with van der Waals surface area (Å²) >= 11 is 3.28. The summed E-state index contributed by atoms with van der Waals surface area (Å²) < 4.78 is 60.3. The molecule has 0 bridgehead atoms. The molecular formula is C13H11BrF4N2O. The second-order valence-corrected chi connectivity index (χ2v) is 5.04. The van der Waals surface area contributed by atoms with Crippen LogP contribution in [0.15, 0.2) is 10.5 Å². The standard InChI is InChI=1S/C13H11BrF4N2O/c1-3-20-9(10(14)6(2)19-20)5-21-13-11(17)7(15)4-8(16)12(13)18/h4H,3,5H2,1-2H3. The zero-order valence-electron chi connectivity index (χ0n) is 11.2. The zero-order chi connectivity index (χ0) is 15.7. The highest BCUT2D eigenvalue weighted by Crippen LogP contribution is 2.28. The minimum absolute atomic E-state index is 0.133. The van der Waals surface area contributed by atoms with E-state index in [-0.39, 0.29) is 12.7 Å². The summed E-state index contributed by atoms with van der Waals surface area (Å²) in [5.41, 5.74) is 1.18. The summed E-state index contributed by atoms with van der Waals surface area (Å²) in [6.07, 6.45) is 0. The van der Waals surface area contributed by atoms with Crippen LogP contribution < -0.4 is 4.74 Å². The Balaban J connectivity index is 2.33. The predicted molar refractivity (Wildman–Crippen MR) is 70.9 cm³/mol. The van der Waals surface area contributed by atoms with Gasteiger partial charge in [0.05, 0.1) is 15.9 Å². The Morgan fingerprint density at radius 1 is 1.19 bits per heavy atom. The van der Waals surface area contributed by atoms with E-state index < -0.39 is 29.0 Å². The fraction of sp³-hybridized carbons (Fsp3) is 0.308. The van der Waals surface area contributed by atoms with E-state index in [0.717, 1.165) is 0 Å². The molecule has 0 atom stereocenters. The summed E-state index contributed by atoms with van der Waals surface area (Å²) in [7, 11) is 0. The van der Waals surface area contributed by atoms with Crippen molar-refractivity contribution in [3.8, 4) is 5.75 Å². The number of aryl methyl sites for hydroxylation is 2. The van der Waals surface area contributed by atoms with Crippen LogP contribution in [0.4, 0.5) is 17.6 Å². The van der Waals surface area contributed by atoms with E-state index in [1.807, 2.05) is 6.92 Å². The fourth-order valence-electron chi connectivity index (χ4n) is 1.83. The maximum Gasteiger partial charge on any atom is 0.203 e. The van der Waals surface area contributed by atoms with Gasteiger partial charge < -0.3 is 4.74 Å². The van der Waals surface area contributed by atoms with Gasteiger partial charge in [0.2, 0.25) is 11.6 Å². The molecule has 0 aliphatic rings. The molecule has 0 N–H and O–H groups in total. The number of halogens is 5. The van der Waals surface area contributed by atoms with E-state index in [2.05, 4.69) is 21.0 Å². The number of ether oxygens (including phenoxy) is 1. The molecule has 21 heavy (non-hydrogen) atoms. The predicted octanol–water partition coefficient (Wildman–Crippen LogP) is 4.11. The van der Waals surface area contributed by atoms with Gasteiger partial charge in [-0.1, -0.05) is 0 Å². The minimum atomic E-state index is -1.57. The number of nitrogens with zero attached hydrogens (tertiary/aromatic N) is 2. The molecule has 0 fully saturated rings. The van der Waals surface area contributed by atoms with Crippen LogP contribution in [0.25, 0.3) is 0 Å². The molecule has 0 saturated carbocycles. The highest BCUT2D eigenvalue weighted by atomic mass is 79.9. The lowest BCUT2D eigenvalue weighted by molar-refractivity contribution is 0.252. The Morgan fingerprint density at radius 2 is 1.76 bits per heavy atom. The number of hydrogen-bond donors (Lipinski definition) is 0. The molecule has 2 aromatic rings. The van der Waals surface area contributed by atoms with Crippen LogP contribution in [0.3, 0.4) is 0 Å². The highest BCUT2D eigenvalue weighted by molar-refractivity contribution is 9.10. The molecule has 1 aromatic heterocycles. The van der Waals surface area contributed by atoms with Crippen molar-refractivity contribution < 1.29 is 22.3 Å². The molecule has 0 aliphatic carbocycles. The van der Waals surface area contributed by atoms with Crippen LogP contribution in [0, 0.1) is 30.2 Å². The van der Waals surface area contributed by atoms with Crippen molar-refractivity contribution in [1.29, 1.82) is 0 Å². The van der Waals surface area contributed by atoms with Crippen LogP contribution in [0.5, 0.6) is 5.75 Å². The van der Waals surface area contributed by atoms with Gasteiger partial charge in [-0.3, -0.25) is 4.68 Å². The normalized spacial score (nSPS) is 11.0. The topological polar surface area (TPSA) is 27.1 Å². The molecule has 0 unspecified atom stereocenters. The van der Waals surface area contributed by atoms with Crippen molar-refractivity contribution in [3.05, 3.63) is 45.2 Å². The third-order valence-electron chi connectivity index (χ3n) is 2.88. The molecule has 2 rings (SSSR count). The Labute approximate surface area is 126 Å². The average Bonchev–Trinajstić information content (AvgIpc) is 2.72. The number of benzene rings is 1. The molecular weight excluding hydrogens is 356 g/mol. The van der Waals surface area contributed by atoms with E-state index in [4.69, 9.17) is 4.74 Å². The van der Waals surface area contributed by atoms with Gasteiger partial charge in [-0.25, -0.2) is 8.78 Å². The van der Waals surface area contributed by atoms with E-state index in [9.17, 15) is 17.6 Å². The first-order chi connectivity index (χ1) is 9.86. The number of hydrogen-bond acceptors (Lipinski definition) is 2. The van der Waals surface area contributed by atoms with Gasteiger partial charge in [0.1, 0.15) is 6.61 Å². The third kappa shape index (κ3) is 2.90. The van der Waals surface area contributed by atoms with Crippen molar-refractivity contribution in [1.82, 2.24) is 9.78 Å². The van der Waals surface area contributed by atoms with Gasteiger partial charge in [-0.05, 0) is 29.8 Å². The van der Waals surface area contributed by atoms with Gasteiger partial charge in [0.15, 0.2) is 17.4 Å². The summed E-state index contributed by atoms with van der Waals surface area (Å²) in [6.45, 7) is 3.79. The quantitative estimate of drug-likeness (QED) is 0.601. The summed E-state index contributed by atoms with van der Waals surface area (Å²) in [5.74, 6) is -7.24. The summed E-state index contributed by atoms with van der Waals surface area (Å²) in [5, 5.41) is 4.18. The lowest BCUT2D eigenvalue weighted by atomic mass is 10.3. The molecule has 1 aromatic carbocycles.